The SMILES string of the molecule is Cc1ccc(OC[C@H]2CCCN2C)c(NC(=O)c2nc(C)cc(NC=O)c2OC[C@@H]2CCCN2C)n1. The highest BCUT2D eigenvalue weighted by atomic mass is 16.5. The van der Waals surface area contributed by atoms with Crippen molar-refractivity contribution in [2.45, 2.75) is 51.6 Å². The van der Waals surface area contributed by atoms with Crippen molar-refractivity contribution in [2.75, 3.05) is 51.0 Å². The number of rotatable bonds is 10. The van der Waals surface area contributed by atoms with E-state index in [-0.39, 0.29) is 17.5 Å². The minimum absolute atomic E-state index is 0.0878. The standard InChI is InChI=1S/C26H36N6O4/c1-17-9-10-22(35-14-19-7-5-11-31(19)3)25(29-17)30-26(34)23-24(21(27-16-33)13-18(2)28-23)36-15-20-8-6-12-32(20)4/h9-10,13,16,19-20H,5-8,11-12,14-15H2,1-4H3,(H,27,28,33)(H,29,30,34)/t19-,20+/m1/s1. The third-order valence-corrected chi connectivity index (χ3v) is 6.95. The summed E-state index contributed by atoms with van der Waals surface area (Å²) in [6.45, 7) is 6.59. The van der Waals surface area contributed by atoms with Gasteiger partial charge in [-0.15, -0.1) is 0 Å². The number of aromatic nitrogens is 2. The fourth-order valence-corrected chi connectivity index (χ4v) is 4.79. The first-order valence-corrected chi connectivity index (χ1v) is 12.5. The molecule has 0 radical (unpaired) electrons. The topological polar surface area (TPSA) is 109 Å². The van der Waals surface area contributed by atoms with Crippen LogP contribution >= 0.6 is 0 Å². The molecule has 2 atom stereocenters. The molecule has 2 aliphatic rings. The minimum Gasteiger partial charge on any atom is -0.488 e. The van der Waals surface area contributed by atoms with E-state index in [0.29, 0.717) is 48.6 Å². The predicted octanol–water partition coefficient (Wildman–Crippen LogP) is 2.86. The Hall–Kier alpha value is -3.24. The second-order valence-electron chi connectivity index (χ2n) is 9.68. The van der Waals surface area contributed by atoms with Gasteiger partial charge in [0.05, 0.1) is 5.69 Å². The zero-order valence-electron chi connectivity index (χ0n) is 21.5. The fraction of sp³-hybridized carbons (Fsp3) is 0.538. The molecule has 0 spiro atoms. The summed E-state index contributed by atoms with van der Waals surface area (Å²) in [6, 6.07) is 5.93. The Morgan fingerprint density at radius 1 is 1.03 bits per heavy atom. The van der Waals surface area contributed by atoms with E-state index in [1.54, 1.807) is 13.0 Å². The van der Waals surface area contributed by atoms with E-state index in [4.69, 9.17) is 9.47 Å². The van der Waals surface area contributed by atoms with Crippen molar-refractivity contribution in [1.29, 1.82) is 0 Å². The van der Waals surface area contributed by atoms with Crippen molar-refractivity contribution < 1.29 is 19.1 Å². The van der Waals surface area contributed by atoms with E-state index in [1.807, 2.05) is 19.1 Å². The van der Waals surface area contributed by atoms with Crippen molar-refractivity contribution in [3.63, 3.8) is 0 Å². The van der Waals surface area contributed by atoms with E-state index in [1.165, 1.54) is 0 Å². The van der Waals surface area contributed by atoms with E-state index in [2.05, 4.69) is 44.5 Å². The number of hydrogen-bond acceptors (Lipinski definition) is 8. The maximum Gasteiger partial charge on any atom is 0.279 e. The van der Waals surface area contributed by atoms with E-state index in [0.717, 1.165) is 44.5 Å². The lowest BCUT2D eigenvalue weighted by Crippen LogP contribution is -2.31. The number of amides is 2. The molecule has 4 heterocycles. The number of hydrogen-bond donors (Lipinski definition) is 2. The maximum absolute atomic E-state index is 13.5. The van der Waals surface area contributed by atoms with Crippen LogP contribution in [0.3, 0.4) is 0 Å². The Balaban J connectivity index is 1.57. The number of carbonyl (C=O) groups is 2. The third kappa shape index (κ3) is 6.11. The third-order valence-electron chi connectivity index (χ3n) is 6.95. The Kier molecular flexibility index (Phi) is 8.37. The molecule has 2 N–H and O–H groups in total. The average molecular weight is 497 g/mol. The Labute approximate surface area is 212 Å². The first-order chi connectivity index (χ1) is 17.4. The van der Waals surface area contributed by atoms with Gasteiger partial charge in [-0.1, -0.05) is 0 Å². The molecular formula is C26H36N6O4. The second kappa shape index (κ2) is 11.7. The first-order valence-electron chi connectivity index (χ1n) is 12.5. The molecule has 2 saturated heterocycles. The summed E-state index contributed by atoms with van der Waals surface area (Å²) in [7, 11) is 4.15. The highest BCUT2D eigenvalue weighted by Gasteiger charge is 2.26. The molecule has 10 nitrogen and oxygen atoms in total. The van der Waals surface area contributed by atoms with Gasteiger partial charge in [0.1, 0.15) is 13.2 Å². The highest BCUT2D eigenvalue weighted by Crippen LogP contribution is 2.31. The first kappa shape index (κ1) is 25.8. The normalized spacial score (nSPS) is 20.3. The number of ether oxygens (including phenoxy) is 2. The smallest absolute Gasteiger partial charge is 0.279 e. The quantitative estimate of drug-likeness (QED) is 0.484. The molecule has 0 aliphatic carbocycles. The molecule has 2 aromatic heterocycles. The summed E-state index contributed by atoms with van der Waals surface area (Å²) >= 11 is 0. The molecule has 0 saturated carbocycles. The van der Waals surface area contributed by atoms with Crippen LogP contribution in [0.25, 0.3) is 0 Å². The van der Waals surface area contributed by atoms with Gasteiger partial charge in [0.25, 0.3) is 5.91 Å². The van der Waals surface area contributed by atoms with Crippen LogP contribution in [0.5, 0.6) is 11.5 Å². The average Bonchev–Trinajstić information content (AvgIpc) is 3.45. The van der Waals surface area contributed by atoms with Gasteiger partial charge >= 0.3 is 0 Å². The fourth-order valence-electron chi connectivity index (χ4n) is 4.79. The van der Waals surface area contributed by atoms with Crippen molar-refractivity contribution in [2.24, 2.45) is 0 Å². The minimum atomic E-state index is -0.483. The molecule has 2 aliphatic heterocycles. The number of nitrogens with zero attached hydrogens (tertiary/aromatic N) is 4. The van der Waals surface area contributed by atoms with Crippen LogP contribution in [-0.2, 0) is 4.79 Å². The highest BCUT2D eigenvalue weighted by molar-refractivity contribution is 6.06. The summed E-state index contributed by atoms with van der Waals surface area (Å²) < 4.78 is 12.2. The van der Waals surface area contributed by atoms with Crippen LogP contribution < -0.4 is 20.1 Å². The molecule has 2 fully saturated rings. The van der Waals surface area contributed by atoms with Crippen LogP contribution in [0, 0.1) is 13.8 Å². The van der Waals surface area contributed by atoms with Gasteiger partial charge < -0.3 is 29.9 Å². The molecule has 2 aromatic rings. The Bertz CT molecular complexity index is 1090. The summed E-state index contributed by atoms with van der Waals surface area (Å²) in [5.41, 5.74) is 1.82. The molecule has 4 rings (SSSR count). The molecule has 2 amide bonds. The van der Waals surface area contributed by atoms with Crippen LogP contribution in [0.1, 0.15) is 47.6 Å². The van der Waals surface area contributed by atoms with Crippen LogP contribution in [0.15, 0.2) is 18.2 Å². The van der Waals surface area contributed by atoms with Gasteiger partial charge in [0.2, 0.25) is 6.41 Å². The predicted molar refractivity (Wildman–Crippen MR) is 138 cm³/mol. The van der Waals surface area contributed by atoms with Gasteiger partial charge in [0, 0.05) is 23.5 Å². The molecule has 0 aromatic carbocycles. The molecule has 0 bridgehead atoms. The maximum atomic E-state index is 13.5. The molecule has 0 unspecified atom stereocenters. The van der Waals surface area contributed by atoms with Crippen LogP contribution in [-0.4, -0.2) is 84.6 Å². The number of likely N-dealkylation sites (N-methyl/N-ethyl adjacent to an activating group) is 2. The van der Waals surface area contributed by atoms with Crippen molar-refractivity contribution in [1.82, 2.24) is 19.8 Å². The van der Waals surface area contributed by atoms with E-state index >= 15 is 0 Å². The number of anilines is 2. The molecule has 10 heteroatoms. The van der Waals surface area contributed by atoms with Crippen molar-refractivity contribution >= 4 is 23.8 Å². The lowest BCUT2D eigenvalue weighted by atomic mass is 10.2. The van der Waals surface area contributed by atoms with Crippen LogP contribution in [0.4, 0.5) is 11.5 Å². The monoisotopic (exact) mass is 496 g/mol. The van der Waals surface area contributed by atoms with Crippen molar-refractivity contribution in [3.05, 3.63) is 35.3 Å². The van der Waals surface area contributed by atoms with Gasteiger partial charge in [-0.2, -0.15) is 0 Å². The zero-order chi connectivity index (χ0) is 25.7. The van der Waals surface area contributed by atoms with Gasteiger partial charge in [-0.25, -0.2) is 9.97 Å². The van der Waals surface area contributed by atoms with E-state index < -0.39 is 5.91 Å². The number of aryl methyl sites for hydroxylation is 2. The number of likely N-dealkylation sites (tertiary alicyclic amines) is 2. The van der Waals surface area contributed by atoms with Gasteiger partial charge in [-0.3, -0.25) is 9.59 Å². The number of nitrogens with one attached hydrogen (secondary N) is 2. The number of pyridine rings is 2. The van der Waals surface area contributed by atoms with Crippen molar-refractivity contribution in [3.8, 4) is 11.5 Å². The lowest BCUT2D eigenvalue weighted by Gasteiger charge is -2.22. The summed E-state index contributed by atoms with van der Waals surface area (Å²) in [4.78, 5) is 38.3. The molecule has 36 heavy (non-hydrogen) atoms. The van der Waals surface area contributed by atoms with E-state index in [9.17, 15) is 9.59 Å². The van der Waals surface area contributed by atoms with Crippen LogP contribution in [0.2, 0.25) is 0 Å². The summed E-state index contributed by atoms with van der Waals surface area (Å²) in [6.07, 6.45) is 4.91. The molecular weight excluding hydrogens is 460 g/mol. The summed E-state index contributed by atoms with van der Waals surface area (Å²) in [5.74, 6) is 0.593. The molecule has 194 valence electrons. The second-order valence-corrected chi connectivity index (χ2v) is 9.68. The van der Waals surface area contributed by atoms with Gasteiger partial charge in [-0.05, 0) is 84.9 Å². The Morgan fingerprint density at radius 2 is 1.69 bits per heavy atom. The Morgan fingerprint density at radius 3 is 2.31 bits per heavy atom. The summed E-state index contributed by atoms with van der Waals surface area (Å²) in [5, 5.41) is 5.53. The van der Waals surface area contributed by atoms with Gasteiger partial charge in [0.15, 0.2) is 23.0 Å². The number of carbonyl (C=O) groups excluding carboxylic acids is 2. The lowest BCUT2D eigenvalue weighted by molar-refractivity contribution is -0.105. The zero-order valence-corrected chi connectivity index (χ0v) is 21.5. The largest absolute Gasteiger partial charge is 0.488 e.